The summed E-state index contributed by atoms with van der Waals surface area (Å²) in [5.74, 6) is 1.70. The van der Waals surface area contributed by atoms with E-state index in [-0.39, 0.29) is 0 Å². The predicted molar refractivity (Wildman–Crippen MR) is 62.4 cm³/mol. The van der Waals surface area contributed by atoms with Gasteiger partial charge in [-0.25, -0.2) is 0 Å². The lowest BCUT2D eigenvalue weighted by molar-refractivity contribution is 0.218. The number of hydrogen-bond donors (Lipinski definition) is 0. The molecule has 1 heteroatoms. The van der Waals surface area contributed by atoms with Crippen LogP contribution in [0.2, 0.25) is 0 Å². The van der Waals surface area contributed by atoms with E-state index >= 15 is 0 Å². The molecule has 0 heterocycles. The van der Waals surface area contributed by atoms with Gasteiger partial charge in [-0.1, -0.05) is 40.5 Å². The second kappa shape index (κ2) is 6.70. The first-order valence-electron chi connectivity index (χ1n) is 5.73. The average molecular weight is 205 g/mol. The Kier molecular flexibility index (Phi) is 6.85. The molecule has 0 N–H and O–H groups in total. The second-order valence-electron chi connectivity index (χ2n) is 4.23. The van der Waals surface area contributed by atoms with Crippen molar-refractivity contribution in [3.8, 4) is 0 Å². The monoisotopic (exact) mass is 204 g/mol. The van der Waals surface area contributed by atoms with Crippen molar-refractivity contribution in [1.29, 1.82) is 0 Å². The van der Waals surface area contributed by atoms with Crippen molar-refractivity contribution >= 4 is 11.6 Å². The van der Waals surface area contributed by atoms with Gasteiger partial charge in [0.25, 0.3) is 0 Å². The van der Waals surface area contributed by atoms with Crippen molar-refractivity contribution < 1.29 is 0 Å². The van der Waals surface area contributed by atoms with E-state index in [1.54, 1.807) is 0 Å². The number of hydrogen-bond acceptors (Lipinski definition) is 0. The molecule has 13 heavy (non-hydrogen) atoms. The molecule has 0 aromatic carbocycles. The summed E-state index contributed by atoms with van der Waals surface area (Å²) in [6, 6.07) is 0. The first kappa shape index (κ1) is 13.3. The van der Waals surface area contributed by atoms with Gasteiger partial charge in [0.1, 0.15) is 0 Å². The molecule has 0 aromatic heterocycles. The number of halogens is 1. The van der Waals surface area contributed by atoms with Crippen LogP contribution in [-0.4, -0.2) is 5.88 Å². The highest BCUT2D eigenvalue weighted by Crippen LogP contribution is 2.37. The zero-order chi connectivity index (χ0) is 10.3. The van der Waals surface area contributed by atoms with E-state index in [4.69, 9.17) is 11.6 Å². The highest BCUT2D eigenvalue weighted by molar-refractivity contribution is 6.18. The van der Waals surface area contributed by atoms with Gasteiger partial charge in [0.15, 0.2) is 0 Å². The Morgan fingerprint density at radius 3 is 1.69 bits per heavy atom. The lowest BCUT2D eigenvalue weighted by Crippen LogP contribution is -2.24. The molecule has 0 amide bonds. The van der Waals surface area contributed by atoms with Crippen LogP contribution in [0.3, 0.4) is 0 Å². The third-order valence-corrected chi connectivity index (χ3v) is 4.23. The third-order valence-electron chi connectivity index (χ3n) is 3.66. The summed E-state index contributed by atoms with van der Waals surface area (Å²) in [6.07, 6.45) is 6.37. The highest BCUT2D eigenvalue weighted by atomic mass is 35.5. The maximum absolute atomic E-state index is 6.08. The molecular weight excluding hydrogens is 180 g/mol. The molecule has 0 spiro atoms. The van der Waals surface area contributed by atoms with Crippen LogP contribution in [0.15, 0.2) is 0 Å². The minimum Gasteiger partial charge on any atom is -0.126 e. The molecule has 0 aromatic rings. The SMILES string of the molecule is CCC(CC)CC(CC)(CC)CCl. The first-order valence-corrected chi connectivity index (χ1v) is 6.27. The standard InChI is InChI=1S/C12H25Cl/c1-5-11(6-2)9-12(7-3,8-4)10-13/h11H,5-10H2,1-4H3. The predicted octanol–water partition coefficient (Wildman–Crippen LogP) is 4.86. The quantitative estimate of drug-likeness (QED) is 0.520. The molecule has 0 unspecified atom stereocenters. The molecule has 0 aliphatic carbocycles. The molecule has 0 rings (SSSR count). The summed E-state index contributed by atoms with van der Waals surface area (Å²) in [5.41, 5.74) is 0.415. The van der Waals surface area contributed by atoms with Gasteiger partial charge < -0.3 is 0 Å². The highest BCUT2D eigenvalue weighted by Gasteiger charge is 2.27. The fourth-order valence-electron chi connectivity index (χ4n) is 1.97. The maximum Gasteiger partial charge on any atom is 0.0279 e. The van der Waals surface area contributed by atoms with Crippen molar-refractivity contribution in [1.82, 2.24) is 0 Å². The Balaban J connectivity index is 4.21. The van der Waals surface area contributed by atoms with Crippen molar-refractivity contribution in [2.24, 2.45) is 11.3 Å². The van der Waals surface area contributed by atoms with E-state index < -0.39 is 0 Å². The van der Waals surface area contributed by atoms with E-state index in [0.29, 0.717) is 5.41 Å². The zero-order valence-corrected chi connectivity index (χ0v) is 10.5. The summed E-state index contributed by atoms with van der Waals surface area (Å²) in [7, 11) is 0. The van der Waals surface area contributed by atoms with Crippen LogP contribution >= 0.6 is 11.6 Å². The average Bonchev–Trinajstić information content (AvgIpc) is 2.21. The van der Waals surface area contributed by atoms with Crippen LogP contribution in [0.4, 0.5) is 0 Å². The number of rotatable bonds is 7. The van der Waals surface area contributed by atoms with Crippen LogP contribution in [0.25, 0.3) is 0 Å². The molecule has 0 nitrogen and oxygen atoms in total. The minimum absolute atomic E-state index is 0.415. The van der Waals surface area contributed by atoms with E-state index in [9.17, 15) is 0 Å². The normalized spacial score (nSPS) is 12.5. The summed E-state index contributed by atoms with van der Waals surface area (Å²) in [5, 5.41) is 0. The van der Waals surface area contributed by atoms with Crippen molar-refractivity contribution in [2.45, 2.75) is 59.8 Å². The van der Waals surface area contributed by atoms with Gasteiger partial charge in [-0.2, -0.15) is 0 Å². The fourth-order valence-corrected chi connectivity index (χ4v) is 2.46. The molecule has 0 atom stereocenters. The van der Waals surface area contributed by atoms with E-state index in [0.717, 1.165) is 11.8 Å². The Bertz CT molecular complexity index is 104. The van der Waals surface area contributed by atoms with Gasteiger partial charge in [0, 0.05) is 5.88 Å². The second-order valence-corrected chi connectivity index (χ2v) is 4.49. The smallest absolute Gasteiger partial charge is 0.0279 e. The molecule has 0 aliphatic heterocycles. The lowest BCUT2D eigenvalue weighted by Gasteiger charge is -2.32. The topological polar surface area (TPSA) is 0 Å². The van der Waals surface area contributed by atoms with Gasteiger partial charge >= 0.3 is 0 Å². The van der Waals surface area contributed by atoms with Crippen LogP contribution in [0, 0.1) is 11.3 Å². The molecule has 0 fully saturated rings. The summed E-state index contributed by atoms with van der Waals surface area (Å²) in [6.45, 7) is 9.12. The molecular formula is C12H25Cl. The Morgan fingerprint density at radius 2 is 1.46 bits per heavy atom. The van der Waals surface area contributed by atoms with E-state index in [1.165, 1.54) is 32.1 Å². The van der Waals surface area contributed by atoms with Crippen LogP contribution in [0.5, 0.6) is 0 Å². The maximum atomic E-state index is 6.08. The molecule has 0 radical (unpaired) electrons. The lowest BCUT2D eigenvalue weighted by atomic mass is 9.75. The Labute approximate surface area is 89.1 Å². The number of alkyl halides is 1. The van der Waals surface area contributed by atoms with Crippen LogP contribution in [-0.2, 0) is 0 Å². The third kappa shape index (κ3) is 3.89. The Hall–Kier alpha value is 0.290. The fraction of sp³-hybridized carbons (Fsp3) is 1.00. The molecule has 80 valence electrons. The van der Waals surface area contributed by atoms with Gasteiger partial charge in [-0.3, -0.25) is 0 Å². The largest absolute Gasteiger partial charge is 0.126 e. The van der Waals surface area contributed by atoms with Gasteiger partial charge in [-0.15, -0.1) is 11.6 Å². The molecule has 0 saturated carbocycles. The summed E-state index contributed by atoms with van der Waals surface area (Å²) >= 11 is 6.08. The van der Waals surface area contributed by atoms with Gasteiger partial charge in [-0.05, 0) is 30.6 Å². The molecule has 0 aliphatic rings. The van der Waals surface area contributed by atoms with Crippen molar-refractivity contribution in [3.63, 3.8) is 0 Å². The summed E-state index contributed by atoms with van der Waals surface area (Å²) < 4.78 is 0. The van der Waals surface area contributed by atoms with E-state index in [1.807, 2.05) is 0 Å². The van der Waals surface area contributed by atoms with Crippen molar-refractivity contribution in [3.05, 3.63) is 0 Å². The van der Waals surface area contributed by atoms with E-state index in [2.05, 4.69) is 27.7 Å². The summed E-state index contributed by atoms with van der Waals surface area (Å²) in [4.78, 5) is 0. The minimum atomic E-state index is 0.415. The zero-order valence-electron chi connectivity index (χ0n) is 9.70. The van der Waals surface area contributed by atoms with Crippen LogP contribution < -0.4 is 0 Å². The first-order chi connectivity index (χ1) is 6.17. The van der Waals surface area contributed by atoms with Gasteiger partial charge in [0.05, 0.1) is 0 Å². The molecule has 0 saturated heterocycles. The van der Waals surface area contributed by atoms with Gasteiger partial charge in [0.2, 0.25) is 0 Å². The van der Waals surface area contributed by atoms with Crippen molar-refractivity contribution in [2.75, 3.05) is 5.88 Å². The van der Waals surface area contributed by atoms with Crippen LogP contribution in [0.1, 0.15) is 59.8 Å². The Morgan fingerprint density at radius 1 is 1.00 bits per heavy atom. The molecule has 0 bridgehead atoms.